The van der Waals surface area contributed by atoms with Crippen LogP contribution in [0.1, 0.15) is 17.5 Å². The highest BCUT2D eigenvalue weighted by molar-refractivity contribution is 6.06. The number of para-hydroxylation sites is 3. The Morgan fingerprint density at radius 3 is 2.39 bits per heavy atom. The third-order valence-electron chi connectivity index (χ3n) is 3.97. The van der Waals surface area contributed by atoms with Crippen molar-refractivity contribution in [2.24, 2.45) is 0 Å². The van der Waals surface area contributed by atoms with Crippen LogP contribution in [-0.2, 0) is 9.59 Å². The number of rotatable bonds is 3. The lowest BCUT2D eigenvalue weighted by Crippen LogP contribution is -2.41. The molecule has 118 valence electrons. The number of nitrogens with one attached hydrogen (secondary N) is 3. The minimum atomic E-state index is -0.575. The molecule has 0 saturated carbocycles. The standard InChI is InChI=1S/C18H19N3O2/c1-11-6-5-7-12(2)17(11)21-16(22)10-15-18(23)20-14-9-4-3-8-13(14)19-15/h3-9,15,19H,10H2,1-2H3,(H,20,23)(H,21,22). The van der Waals surface area contributed by atoms with Gasteiger partial charge in [0.1, 0.15) is 6.04 Å². The molecule has 0 spiro atoms. The van der Waals surface area contributed by atoms with Gasteiger partial charge in [-0.25, -0.2) is 0 Å². The Bertz CT molecular complexity index is 750. The molecule has 0 bridgehead atoms. The quantitative estimate of drug-likeness (QED) is 0.816. The maximum Gasteiger partial charge on any atom is 0.247 e. The first-order valence-electron chi connectivity index (χ1n) is 7.57. The monoisotopic (exact) mass is 309 g/mol. The van der Waals surface area contributed by atoms with E-state index in [-0.39, 0.29) is 18.2 Å². The summed E-state index contributed by atoms with van der Waals surface area (Å²) in [6.07, 6.45) is 0.0773. The van der Waals surface area contributed by atoms with E-state index in [4.69, 9.17) is 0 Å². The zero-order valence-corrected chi connectivity index (χ0v) is 13.1. The molecule has 5 nitrogen and oxygen atoms in total. The average molecular weight is 309 g/mol. The van der Waals surface area contributed by atoms with Gasteiger partial charge in [-0.05, 0) is 37.1 Å². The molecule has 3 rings (SSSR count). The van der Waals surface area contributed by atoms with E-state index < -0.39 is 6.04 Å². The molecule has 1 aliphatic rings. The molecule has 0 fully saturated rings. The van der Waals surface area contributed by atoms with E-state index in [0.29, 0.717) is 0 Å². The van der Waals surface area contributed by atoms with Crippen molar-refractivity contribution in [1.82, 2.24) is 0 Å². The third kappa shape index (κ3) is 3.18. The Morgan fingerprint density at radius 1 is 1.04 bits per heavy atom. The molecule has 1 atom stereocenters. The number of anilines is 3. The zero-order valence-electron chi connectivity index (χ0n) is 13.1. The summed E-state index contributed by atoms with van der Waals surface area (Å²) >= 11 is 0. The highest BCUT2D eigenvalue weighted by Gasteiger charge is 2.27. The molecule has 3 N–H and O–H groups in total. The molecule has 0 saturated heterocycles. The second-order valence-corrected chi connectivity index (χ2v) is 5.75. The van der Waals surface area contributed by atoms with Gasteiger partial charge in [-0.3, -0.25) is 9.59 Å². The van der Waals surface area contributed by atoms with E-state index in [1.54, 1.807) is 0 Å². The fourth-order valence-corrected chi connectivity index (χ4v) is 2.72. The largest absolute Gasteiger partial charge is 0.372 e. The van der Waals surface area contributed by atoms with E-state index in [9.17, 15) is 9.59 Å². The van der Waals surface area contributed by atoms with Gasteiger partial charge in [-0.15, -0.1) is 0 Å². The zero-order chi connectivity index (χ0) is 16.4. The van der Waals surface area contributed by atoms with Crippen LogP contribution < -0.4 is 16.0 Å². The molecule has 1 heterocycles. The Hall–Kier alpha value is -2.82. The molecule has 0 radical (unpaired) electrons. The van der Waals surface area contributed by atoms with Crippen LogP contribution in [0.5, 0.6) is 0 Å². The van der Waals surface area contributed by atoms with E-state index in [2.05, 4.69) is 16.0 Å². The van der Waals surface area contributed by atoms with Crippen molar-refractivity contribution in [2.75, 3.05) is 16.0 Å². The molecule has 0 aliphatic carbocycles. The fourth-order valence-electron chi connectivity index (χ4n) is 2.72. The van der Waals surface area contributed by atoms with Gasteiger partial charge >= 0.3 is 0 Å². The summed E-state index contributed by atoms with van der Waals surface area (Å²) in [5.41, 5.74) is 4.39. The van der Waals surface area contributed by atoms with Crippen LogP contribution in [0.4, 0.5) is 17.1 Å². The number of carbonyl (C=O) groups excluding carboxylic acids is 2. The molecule has 1 aliphatic heterocycles. The van der Waals surface area contributed by atoms with Crippen molar-refractivity contribution in [1.29, 1.82) is 0 Å². The van der Waals surface area contributed by atoms with Crippen molar-refractivity contribution in [3.8, 4) is 0 Å². The van der Waals surface area contributed by atoms with Crippen LogP contribution in [-0.4, -0.2) is 17.9 Å². The number of carbonyl (C=O) groups is 2. The van der Waals surface area contributed by atoms with Gasteiger partial charge in [-0.2, -0.15) is 0 Å². The normalized spacial score (nSPS) is 16.1. The Morgan fingerprint density at radius 2 is 1.70 bits per heavy atom. The van der Waals surface area contributed by atoms with Crippen molar-refractivity contribution >= 4 is 28.9 Å². The minimum absolute atomic E-state index is 0.0773. The van der Waals surface area contributed by atoms with Crippen LogP contribution in [0, 0.1) is 13.8 Å². The average Bonchev–Trinajstić information content (AvgIpc) is 2.52. The van der Waals surface area contributed by atoms with Gasteiger partial charge in [0.05, 0.1) is 17.8 Å². The second-order valence-electron chi connectivity index (χ2n) is 5.75. The molecule has 2 aromatic rings. The first kappa shape index (κ1) is 15.1. The Labute approximate surface area is 135 Å². The lowest BCUT2D eigenvalue weighted by Gasteiger charge is -2.26. The molecule has 5 heteroatoms. The van der Waals surface area contributed by atoms with Crippen LogP contribution in [0.15, 0.2) is 42.5 Å². The van der Waals surface area contributed by atoms with Crippen LogP contribution >= 0.6 is 0 Å². The molecule has 0 aromatic heterocycles. The van der Waals surface area contributed by atoms with Gasteiger partial charge in [0.2, 0.25) is 11.8 Å². The van der Waals surface area contributed by atoms with Gasteiger partial charge in [0.25, 0.3) is 0 Å². The summed E-state index contributed by atoms with van der Waals surface area (Å²) in [5, 5.41) is 8.85. The maximum atomic E-state index is 12.3. The second kappa shape index (κ2) is 6.12. The van der Waals surface area contributed by atoms with Gasteiger partial charge < -0.3 is 16.0 Å². The van der Waals surface area contributed by atoms with Crippen molar-refractivity contribution in [3.05, 3.63) is 53.6 Å². The molecule has 1 unspecified atom stereocenters. The van der Waals surface area contributed by atoms with Gasteiger partial charge in [-0.1, -0.05) is 30.3 Å². The van der Waals surface area contributed by atoms with Gasteiger partial charge in [0, 0.05) is 5.69 Å². The van der Waals surface area contributed by atoms with Crippen LogP contribution in [0.25, 0.3) is 0 Å². The number of aryl methyl sites for hydroxylation is 2. The lowest BCUT2D eigenvalue weighted by molar-refractivity contribution is -0.122. The third-order valence-corrected chi connectivity index (χ3v) is 3.97. The summed E-state index contributed by atoms with van der Waals surface area (Å²) in [4.78, 5) is 24.4. The summed E-state index contributed by atoms with van der Waals surface area (Å²) < 4.78 is 0. The van der Waals surface area contributed by atoms with E-state index >= 15 is 0 Å². The molecule has 2 amide bonds. The number of fused-ring (bicyclic) bond motifs is 1. The molecular weight excluding hydrogens is 290 g/mol. The SMILES string of the molecule is Cc1cccc(C)c1NC(=O)CC1Nc2ccccc2NC1=O. The molecular formula is C18H19N3O2. The predicted octanol–water partition coefficient (Wildman–Crippen LogP) is 3.06. The smallest absolute Gasteiger partial charge is 0.247 e. The highest BCUT2D eigenvalue weighted by atomic mass is 16.2. The van der Waals surface area contributed by atoms with E-state index in [0.717, 1.165) is 28.2 Å². The fraction of sp³-hybridized carbons (Fsp3) is 0.222. The van der Waals surface area contributed by atoms with Crippen LogP contribution in [0.2, 0.25) is 0 Å². The van der Waals surface area contributed by atoms with E-state index in [1.165, 1.54) is 0 Å². The van der Waals surface area contributed by atoms with Crippen molar-refractivity contribution in [3.63, 3.8) is 0 Å². The van der Waals surface area contributed by atoms with E-state index in [1.807, 2.05) is 56.3 Å². The summed E-state index contributed by atoms with van der Waals surface area (Å²) in [5.74, 6) is -0.380. The first-order valence-corrected chi connectivity index (χ1v) is 7.57. The Balaban J connectivity index is 1.70. The number of amides is 2. The summed E-state index contributed by atoms with van der Waals surface area (Å²) in [6, 6.07) is 12.7. The van der Waals surface area contributed by atoms with Crippen molar-refractivity contribution in [2.45, 2.75) is 26.3 Å². The minimum Gasteiger partial charge on any atom is -0.372 e. The highest BCUT2D eigenvalue weighted by Crippen LogP contribution is 2.27. The number of benzene rings is 2. The lowest BCUT2D eigenvalue weighted by atomic mass is 10.1. The number of hydrogen-bond acceptors (Lipinski definition) is 3. The first-order chi connectivity index (χ1) is 11.0. The van der Waals surface area contributed by atoms with Crippen LogP contribution in [0.3, 0.4) is 0 Å². The predicted molar refractivity (Wildman–Crippen MR) is 91.6 cm³/mol. The number of hydrogen-bond donors (Lipinski definition) is 3. The van der Waals surface area contributed by atoms with Crippen molar-refractivity contribution < 1.29 is 9.59 Å². The Kier molecular flexibility index (Phi) is 4.02. The topological polar surface area (TPSA) is 70.2 Å². The summed E-state index contributed by atoms with van der Waals surface area (Å²) in [6.45, 7) is 3.90. The molecule has 23 heavy (non-hydrogen) atoms. The van der Waals surface area contributed by atoms with Gasteiger partial charge in [0.15, 0.2) is 0 Å². The maximum absolute atomic E-state index is 12.3. The molecule has 2 aromatic carbocycles. The summed E-state index contributed by atoms with van der Waals surface area (Å²) in [7, 11) is 0.